The van der Waals surface area contributed by atoms with E-state index >= 15 is 0 Å². The summed E-state index contributed by atoms with van der Waals surface area (Å²) >= 11 is 1.86. The van der Waals surface area contributed by atoms with Gasteiger partial charge in [-0.25, -0.2) is 4.98 Å². The van der Waals surface area contributed by atoms with Crippen molar-refractivity contribution in [2.24, 2.45) is 4.99 Å². The lowest BCUT2D eigenvalue weighted by molar-refractivity contribution is 0.788. The van der Waals surface area contributed by atoms with Gasteiger partial charge in [0.25, 0.3) is 0 Å². The average Bonchev–Trinajstić information content (AvgIpc) is 3.24. The van der Waals surface area contributed by atoms with Crippen LogP contribution in [-0.4, -0.2) is 42.9 Å². The number of nitrogens with zero attached hydrogens (tertiary/aromatic N) is 3. The largest absolute Gasteiger partial charge is 0.357 e. The number of anilines is 1. The van der Waals surface area contributed by atoms with E-state index in [9.17, 15) is 0 Å². The van der Waals surface area contributed by atoms with E-state index in [4.69, 9.17) is 0 Å². The number of thioether (sulfide) groups is 1. The number of pyridine rings is 1. The first kappa shape index (κ1) is 19.5. The summed E-state index contributed by atoms with van der Waals surface area (Å²) in [5.41, 5.74) is 1.16. The summed E-state index contributed by atoms with van der Waals surface area (Å²) < 4.78 is 0. The lowest BCUT2D eigenvalue weighted by Gasteiger charge is -2.17. The molecule has 1 aliphatic heterocycles. The zero-order chi connectivity index (χ0) is 18.9. The van der Waals surface area contributed by atoms with Gasteiger partial charge in [0.05, 0.1) is 0 Å². The maximum atomic E-state index is 4.61. The first-order chi connectivity index (χ1) is 13.2. The molecule has 2 heterocycles. The molecule has 6 heteroatoms. The third-order valence-corrected chi connectivity index (χ3v) is 5.67. The van der Waals surface area contributed by atoms with Crippen molar-refractivity contribution in [2.45, 2.75) is 36.5 Å². The molecule has 2 aromatic rings. The van der Waals surface area contributed by atoms with E-state index in [0.29, 0.717) is 11.8 Å². The Labute approximate surface area is 166 Å². The van der Waals surface area contributed by atoms with Crippen molar-refractivity contribution in [1.29, 1.82) is 0 Å². The molecule has 1 fully saturated rings. The molecule has 1 aromatic heterocycles. The highest BCUT2D eigenvalue weighted by Crippen LogP contribution is 2.22. The van der Waals surface area contributed by atoms with Gasteiger partial charge in [0.15, 0.2) is 5.96 Å². The minimum Gasteiger partial charge on any atom is -0.357 e. The number of guanidine groups is 1. The van der Waals surface area contributed by atoms with E-state index in [2.05, 4.69) is 68.8 Å². The zero-order valence-electron chi connectivity index (χ0n) is 16.2. The van der Waals surface area contributed by atoms with E-state index in [-0.39, 0.29) is 0 Å². The number of aliphatic imine (C=N–C) groups is 1. The Morgan fingerprint density at radius 1 is 1.15 bits per heavy atom. The third-order valence-electron chi connectivity index (χ3n) is 4.56. The second-order valence-electron chi connectivity index (χ2n) is 6.77. The predicted molar refractivity (Wildman–Crippen MR) is 116 cm³/mol. The van der Waals surface area contributed by atoms with Crippen molar-refractivity contribution in [3.05, 3.63) is 54.2 Å². The molecule has 1 saturated heterocycles. The summed E-state index contributed by atoms with van der Waals surface area (Å²) in [6, 6.07) is 14.8. The standard InChI is InChI=1S/C21H29N5S/c1-17(27-19-8-4-3-5-9-19)14-24-21(22-2)25-16-18-10-11-20(23-15-18)26-12-6-7-13-26/h3-5,8-11,15,17H,6-7,12-14,16H2,1-2H3,(H2,22,24,25). The fourth-order valence-corrected chi connectivity index (χ4v) is 4.02. The van der Waals surface area contributed by atoms with Crippen LogP contribution in [0.1, 0.15) is 25.3 Å². The molecule has 27 heavy (non-hydrogen) atoms. The Morgan fingerprint density at radius 3 is 2.59 bits per heavy atom. The van der Waals surface area contributed by atoms with Gasteiger partial charge in [-0.1, -0.05) is 31.2 Å². The minimum absolute atomic E-state index is 0.451. The molecule has 5 nitrogen and oxygen atoms in total. The highest BCUT2D eigenvalue weighted by Gasteiger charge is 2.13. The van der Waals surface area contributed by atoms with Crippen molar-refractivity contribution < 1.29 is 0 Å². The number of aromatic nitrogens is 1. The summed E-state index contributed by atoms with van der Waals surface area (Å²) in [6.45, 7) is 6.04. The molecule has 3 rings (SSSR count). The quantitative estimate of drug-likeness (QED) is 0.435. The van der Waals surface area contributed by atoms with Crippen LogP contribution < -0.4 is 15.5 Å². The molecular formula is C21H29N5S. The van der Waals surface area contributed by atoms with Crippen LogP contribution >= 0.6 is 11.8 Å². The first-order valence-corrected chi connectivity index (χ1v) is 10.5. The van der Waals surface area contributed by atoms with Crippen LogP contribution in [-0.2, 0) is 6.54 Å². The summed E-state index contributed by atoms with van der Waals surface area (Å²) in [6.07, 6.45) is 4.50. The van der Waals surface area contributed by atoms with Gasteiger partial charge in [-0.2, -0.15) is 0 Å². The highest BCUT2D eigenvalue weighted by atomic mass is 32.2. The molecule has 0 bridgehead atoms. The molecule has 0 radical (unpaired) electrons. The first-order valence-electron chi connectivity index (χ1n) is 9.60. The van der Waals surface area contributed by atoms with Crippen molar-refractivity contribution >= 4 is 23.5 Å². The van der Waals surface area contributed by atoms with Crippen LogP contribution in [0, 0.1) is 0 Å². The van der Waals surface area contributed by atoms with Gasteiger partial charge in [0, 0.05) is 49.6 Å². The Hall–Kier alpha value is -2.21. The predicted octanol–water partition coefficient (Wildman–Crippen LogP) is 3.53. The van der Waals surface area contributed by atoms with Gasteiger partial charge >= 0.3 is 0 Å². The van der Waals surface area contributed by atoms with E-state index in [1.165, 1.54) is 17.7 Å². The normalized spacial score (nSPS) is 15.6. The van der Waals surface area contributed by atoms with Crippen molar-refractivity contribution in [3.8, 4) is 0 Å². The number of hydrogen-bond donors (Lipinski definition) is 2. The Kier molecular flexibility index (Phi) is 7.39. The van der Waals surface area contributed by atoms with Crippen LogP contribution in [0.3, 0.4) is 0 Å². The van der Waals surface area contributed by atoms with Crippen LogP contribution in [0.5, 0.6) is 0 Å². The van der Waals surface area contributed by atoms with Crippen molar-refractivity contribution in [3.63, 3.8) is 0 Å². The molecule has 1 aromatic carbocycles. The Morgan fingerprint density at radius 2 is 1.93 bits per heavy atom. The second-order valence-corrected chi connectivity index (χ2v) is 8.28. The summed E-state index contributed by atoms with van der Waals surface area (Å²) in [5.74, 6) is 1.91. The highest BCUT2D eigenvalue weighted by molar-refractivity contribution is 8.00. The summed E-state index contributed by atoms with van der Waals surface area (Å²) in [4.78, 5) is 12.6. The van der Waals surface area contributed by atoms with Gasteiger partial charge in [-0.05, 0) is 36.6 Å². The van der Waals surface area contributed by atoms with E-state index in [0.717, 1.165) is 37.0 Å². The van der Waals surface area contributed by atoms with Gasteiger partial charge in [0.2, 0.25) is 0 Å². The topological polar surface area (TPSA) is 52.6 Å². The Bertz CT molecular complexity index is 711. The molecule has 1 unspecified atom stereocenters. The molecule has 0 saturated carbocycles. The summed E-state index contributed by atoms with van der Waals surface area (Å²) in [7, 11) is 1.80. The fourth-order valence-electron chi connectivity index (χ4n) is 3.07. The lowest BCUT2D eigenvalue weighted by Crippen LogP contribution is -2.39. The van der Waals surface area contributed by atoms with E-state index in [1.807, 2.05) is 24.0 Å². The molecule has 1 aliphatic rings. The van der Waals surface area contributed by atoms with Gasteiger partial charge < -0.3 is 15.5 Å². The van der Waals surface area contributed by atoms with Crippen LogP contribution in [0.2, 0.25) is 0 Å². The van der Waals surface area contributed by atoms with E-state index < -0.39 is 0 Å². The number of benzene rings is 1. The molecular weight excluding hydrogens is 354 g/mol. The molecule has 0 amide bonds. The SMILES string of the molecule is CN=C(NCc1ccc(N2CCCC2)nc1)NCC(C)Sc1ccccc1. The maximum absolute atomic E-state index is 4.61. The van der Waals surface area contributed by atoms with Crippen LogP contribution in [0.4, 0.5) is 5.82 Å². The Balaban J connectivity index is 1.42. The molecule has 144 valence electrons. The molecule has 1 atom stereocenters. The van der Waals surface area contributed by atoms with Crippen LogP contribution in [0.15, 0.2) is 58.5 Å². The number of nitrogens with one attached hydrogen (secondary N) is 2. The maximum Gasteiger partial charge on any atom is 0.191 e. The second kappa shape index (κ2) is 10.2. The molecule has 0 aliphatic carbocycles. The summed E-state index contributed by atoms with van der Waals surface area (Å²) in [5, 5.41) is 7.23. The average molecular weight is 384 g/mol. The lowest BCUT2D eigenvalue weighted by atomic mass is 10.3. The molecule has 0 spiro atoms. The van der Waals surface area contributed by atoms with Gasteiger partial charge in [-0.3, -0.25) is 4.99 Å². The number of rotatable bonds is 7. The van der Waals surface area contributed by atoms with Gasteiger partial charge in [-0.15, -0.1) is 11.8 Å². The molecule has 2 N–H and O–H groups in total. The third kappa shape index (κ3) is 6.17. The number of hydrogen-bond acceptors (Lipinski definition) is 4. The van der Waals surface area contributed by atoms with Crippen molar-refractivity contribution in [2.75, 3.05) is 31.6 Å². The fraction of sp³-hybridized carbons (Fsp3) is 0.429. The van der Waals surface area contributed by atoms with Gasteiger partial charge in [0.1, 0.15) is 5.82 Å². The van der Waals surface area contributed by atoms with Crippen molar-refractivity contribution in [1.82, 2.24) is 15.6 Å². The zero-order valence-corrected chi connectivity index (χ0v) is 17.0. The minimum atomic E-state index is 0.451. The monoisotopic (exact) mass is 383 g/mol. The van der Waals surface area contributed by atoms with E-state index in [1.54, 1.807) is 7.05 Å². The van der Waals surface area contributed by atoms with Crippen LogP contribution in [0.25, 0.3) is 0 Å². The smallest absolute Gasteiger partial charge is 0.191 e.